The normalized spacial score (nSPS) is 19.4. The summed E-state index contributed by atoms with van der Waals surface area (Å²) in [6.45, 7) is 0.272. The number of fused-ring (bicyclic) bond motifs is 1. The van der Waals surface area contributed by atoms with Gasteiger partial charge in [0.15, 0.2) is 0 Å². The molecule has 1 aliphatic rings. The standard InChI is InChI=1S/C20H19F3N4O.ClH/c21-20(22,23)19-25-16-8-4-5-9-17(16)27(19)12-18(28)26-10-14(15(24)11-26)13-6-2-1-3-7-13;/h1-9,14-15H,10-12,24H2;1H/t14-,15+;/m0./s1. The highest BCUT2D eigenvalue weighted by Crippen LogP contribution is 2.32. The maximum Gasteiger partial charge on any atom is 0.449 e. The highest BCUT2D eigenvalue weighted by molar-refractivity contribution is 5.85. The van der Waals surface area contributed by atoms with E-state index in [9.17, 15) is 18.0 Å². The van der Waals surface area contributed by atoms with E-state index < -0.39 is 24.5 Å². The van der Waals surface area contributed by atoms with Crippen LogP contribution in [0.25, 0.3) is 11.0 Å². The van der Waals surface area contributed by atoms with Crippen molar-refractivity contribution in [1.29, 1.82) is 0 Å². The molecule has 2 heterocycles. The first-order valence-corrected chi connectivity index (χ1v) is 8.95. The van der Waals surface area contributed by atoms with Crippen LogP contribution in [0.4, 0.5) is 13.2 Å². The number of carbonyl (C=O) groups is 1. The minimum absolute atomic E-state index is 0. The molecule has 0 saturated carbocycles. The molecule has 1 saturated heterocycles. The van der Waals surface area contributed by atoms with Crippen molar-refractivity contribution in [2.75, 3.05) is 13.1 Å². The lowest BCUT2D eigenvalue weighted by Crippen LogP contribution is -2.35. The van der Waals surface area contributed by atoms with Crippen molar-refractivity contribution in [2.24, 2.45) is 5.73 Å². The number of alkyl halides is 3. The summed E-state index contributed by atoms with van der Waals surface area (Å²) in [4.78, 5) is 18.0. The van der Waals surface area contributed by atoms with Crippen LogP contribution in [-0.2, 0) is 17.5 Å². The van der Waals surface area contributed by atoms with Gasteiger partial charge in [0, 0.05) is 25.0 Å². The van der Waals surface area contributed by atoms with Gasteiger partial charge < -0.3 is 15.2 Å². The molecule has 2 aromatic carbocycles. The Morgan fingerprint density at radius 2 is 1.72 bits per heavy atom. The predicted octanol–water partition coefficient (Wildman–Crippen LogP) is 3.43. The molecular weight excluding hydrogens is 405 g/mol. The fourth-order valence-corrected chi connectivity index (χ4v) is 3.77. The Morgan fingerprint density at radius 3 is 2.41 bits per heavy atom. The second kappa shape index (κ2) is 8.04. The Morgan fingerprint density at radius 1 is 1.07 bits per heavy atom. The molecule has 4 rings (SSSR count). The number of para-hydroxylation sites is 2. The lowest BCUT2D eigenvalue weighted by atomic mass is 9.95. The van der Waals surface area contributed by atoms with E-state index in [1.54, 1.807) is 12.1 Å². The molecule has 0 aliphatic carbocycles. The Kier molecular flexibility index (Phi) is 5.86. The average molecular weight is 425 g/mol. The number of nitrogens with zero attached hydrogens (tertiary/aromatic N) is 3. The lowest BCUT2D eigenvalue weighted by molar-refractivity contribution is -0.148. The number of hydrogen-bond acceptors (Lipinski definition) is 3. The molecule has 154 valence electrons. The third-order valence-electron chi connectivity index (χ3n) is 5.15. The maximum atomic E-state index is 13.4. The summed E-state index contributed by atoms with van der Waals surface area (Å²) < 4.78 is 41.2. The van der Waals surface area contributed by atoms with Gasteiger partial charge in [0.1, 0.15) is 6.54 Å². The van der Waals surface area contributed by atoms with Crippen molar-refractivity contribution in [3.05, 3.63) is 66.0 Å². The zero-order chi connectivity index (χ0) is 19.9. The Bertz CT molecular complexity index is 1010. The van der Waals surface area contributed by atoms with Gasteiger partial charge in [-0.25, -0.2) is 4.98 Å². The molecule has 3 aromatic rings. The number of aromatic nitrogens is 2. The smallest absolute Gasteiger partial charge is 0.339 e. The molecule has 0 spiro atoms. The van der Waals surface area contributed by atoms with E-state index in [2.05, 4.69) is 4.98 Å². The van der Waals surface area contributed by atoms with E-state index in [0.29, 0.717) is 13.1 Å². The maximum absolute atomic E-state index is 13.4. The van der Waals surface area contributed by atoms with Crippen molar-refractivity contribution in [3.63, 3.8) is 0 Å². The summed E-state index contributed by atoms with van der Waals surface area (Å²) in [5, 5.41) is 0. The van der Waals surface area contributed by atoms with E-state index in [0.717, 1.165) is 10.1 Å². The highest BCUT2D eigenvalue weighted by Gasteiger charge is 2.39. The molecule has 2 N–H and O–H groups in total. The minimum atomic E-state index is -4.65. The zero-order valence-corrected chi connectivity index (χ0v) is 16.2. The molecule has 1 aliphatic heterocycles. The van der Waals surface area contributed by atoms with Gasteiger partial charge in [-0.05, 0) is 17.7 Å². The molecule has 2 atom stereocenters. The van der Waals surface area contributed by atoms with Crippen LogP contribution in [0.15, 0.2) is 54.6 Å². The van der Waals surface area contributed by atoms with E-state index >= 15 is 0 Å². The number of hydrogen-bond donors (Lipinski definition) is 1. The van der Waals surface area contributed by atoms with Gasteiger partial charge in [0.2, 0.25) is 11.7 Å². The first-order valence-electron chi connectivity index (χ1n) is 8.95. The van der Waals surface area contributed by atoms with Crippen LogP contribution in [0.5, 0.6) is 0 Å². The molecule has 0 unspecified atom stereocenters. The number of nitrogens with two attached hydrogens (primary N) is 1. The van der Waals surface area contributed by atoms with Gasteiger partial charge in [0.25, 0.3) is 0 Å². The van der Waals surface area contributed by atoms with Gasteiger partial charge in [-0.3, -0.25) is 4.79 Å². The third-order valence-corrected chi connectivity index (χ3v) is 5.15. The minimum Gasteiger partial charge on any atom is -0.339 e. The van der Waals surface area contributed by atoms with Gasteiger partial charge in [-0.2, -0.15) is 13.2 Å². The average Bonchev–Trinajstić information content (AvgIpc) is 3.24. The van der Waals surface area contributed by atoms with Gasteiger partial charge in [0.05, 0.1) is 11.0 Å². The summed E-state index contributed by atoms with van der Waals surface area (Å²) in [5.41, 5.74) is 7.73. The molecule has 1 fully saturated rings. The van der Waals surface area contributed by atoms with Crippen molar-refractivity contribution < 1.29 is 18.0 Å². The summed E-state index contributed by atoms with van der Waals surface area (Å²) in [5.74, 6) is -1.50. The van der Waals surface area contributed by atoms with Crippen molar-refractivity contribution in [2.45, 2.75) is 24.7 Å². The van der Waals surface area contributed by atoms with Crippen LogP contribution < -0.4 is 5.73 Å². The molecule has 0 bridgehead atoms. The van der Waals surface area contributed by atoms with E-state index in [-0.39, 0.29) is 35.4 Å². The number of rotatable bonds is 3. The lowest BCUT2D eigenvalue weighted by Gasteiger charge is -2.18. The van der Waals surface area contributed by atoms with Gasteiger partial charge in [-0.15, -0.1) is 12.4 Å². The quantitative estimate of drug-likeness (QED) is 0.700. The van der Waals surface area contributed by atoms with Crippen molar-refractivity contribution in [1.82, 2.24) is 14.5 Å². The van der Waals surface area contributed by atoms with Crippen LogP contribution in [0.3, 0.4) is 0 Å². The molecule has 5 nitrogen and oxygen atoms in total. The number of imidazole rings is 1. The van der Waals surface area contributed by atoms with Gasteiger partial charge in [-0.1, -0.05) is 42.5 Å². The number of likely N-dealkylation sites (tertiary alicyclic amines) is 1. The van der Waals surface area contributed by atoms with E-state index in [1.165, 1.54) is 17.0 Å². The SMILES string of the molecule is Cl.N[C@@H]1CN(C(=O)Cn2c(C(F)(F)F)nc3ccccc32)C[C@H]1c1ccccc1. The van der Waals surface area contributed by atoms with Crippen LogP contribution in [-0.4, -0.2) is 39.5 Å². The molecule has 9 heteroatoms. The second-order valence-electron chi connectivity index (χ2n) is 6.99. The summed E-state index contributed by atoms with van der Waals surface area (Å²) in [6.07, 6.45) is -4.65. The molecule has 1 amide bonds. The van der Waals surface area contributed by atoms with Gasteiger partial charge >= 0.3 is 6.18 Å². The third kappa shape index (κ3) is 4.09. The highest BCUT2D eigenvalue weighted by atomic mass is 35.5. The van der Waals surface area contributed by atoms with Crippen LogP contribution in [0, 0.1) is 0 Å². The summed E-state index contributed by atoms with van der Waals surface area (Å²) in [6, 6.07) is 15.6. The predicted molar refractivity (Wildman–Crippen MR) is 106 cm³/mol. The Balaban J connectivity index is 0.00000240. The monoisotopic (exact) mass is 424 g/mol. The fraction of sp³-hybridized carbons (Fsp3) is 0.300. The number of carbonyl (C=O) groups excluding carboxylic acids is 1. The molecule has 29 heavy (non-hydrogen) atoms. The molecule has 1 aromatic heterocycles. The second-order valence-corrected chi connectivity index (χ2v) is 6.99. The number of amides is 1. The molecule has 0 radical (unpaired) electrons. The number of halogens is 4. The topological polar surface area (TPSA) is 64.2 Å². The first-order chi connectivity index (χ1) is 13.3. The van der Waals surface area contributed by atoms with E-state index in [1.807, 2.05) is 30.3 Å². The zero-order valence-electron chi connectivity index (χ0n) is 15.3. The van der Waals surface area contributed by atoms with Crippen molar-refractivity contribution in [3.8, 4) is 0 Å². The van der Waals surface area contributed by atoms with Crippen LogP contribution >= 0.6 is 12.4 Å². The molecular formula is C20H20ClF3N4O. The first kappa shape index (κ1) is 21.1. The van der Waals surface area contributed by atoms with Crippen LogP contribution in [0.1, 0.15) is 17.3 Å². The fourth-order valence-electron chi connectivity index (χ4n) is 3.77. The Hall–Kier alpha value is -2.58. The largest absolute Gasteiger partial charge is 0.449 e. The summed E-state index contributed by atoms with van der Waals surface area (Å²) in [7, 11) is 0. The van der Waals surface area contributed by atoms with Crippen molar-refractivity contribution >= 4 is 29.3 Å². The summed E-state index contributed by atoms with van der Waals surface area (Å²) >= 11 is 0. The van der Waals surface area contributed by atoms with E-state index in [4.69, 9.17) is 5.73 Å². The van der Waals surface area contributed by atoms with Crippen LogP contribution in [0.2, 0.25) is 0 Å². The number of benzene rings is 2. The Labute approximate surface area is 171 Å².